The molecule has 0 spiro atoms. The zero-order valence-corrected chi connectivity index (χ0v) is 16.4. The standard InChI is InChI=1S/C11H11ClN2O2.C8H5ClN2O/c1-16-7-6-14-11(15)9-5-3-2-4-8(9)10(12)13-14;9-7-5-3-1-2-4-6(5)8(12)11-10-7/h2-5H,6-7H2,1H3;1-4H,(H,11,12). The van der Waals surface area contributed by atoms with Crippen LogP contribution >= 0.6 is 23.2 Å². The highest BCUT2D eigenvalue weighted by molar-refractivity contribution is 6.34. The van der Waals surface area contributed by atoms with Crippen molar-refractivity contribution in [2.45, 2.75) is 6.54 Å². The second-order valence-electron chi connectivity index (χ2n) is 5.75. The number of nitrogens with zero attached hydrogens (tertiary/aromatic N) is 3. The van der Waals surface area contributed by atoms with Crippen molar-refractivity contribution in [2.24, 2.45) is 0 Å². The van der Waals surface area contributed by atoms with Crippen molar-refractivity contribution in [1.82, 2.24) is 20.0 Å². The predicted octanol–water partition coefficient (Wildman–Crippen LogP) is 3.27. The third-order valence-corrected chi connectivity index (χ3v) is 4.55. The Labute approximate surface area is 169 Å². The zero-order chi connectivity index (χ0) is 20.1. The molecule has 1 N–H and O–H groups in total. The average molecular weight is 419 g/mol. The minimum atomic E-state index is -0.213. The maximum atomic E-state index is 12.0. The monoisotopic (exact) mass is 418 g/mol. The van der Waals surface area contributed by atoms with Crippen molar-refractivity contribution in [1.29, 1.82) is 0 Å². The molecule has 0 aliphatic carbocycles. The van der Waals surface area contributed by atoms with Gasteiger partial charge in [0.2, 0.25) is 0 Å². The van der Waals surface area contributed by atoms with E-state index in [0.29, 0.717) is 45.0 Å². The molecule has 0 aliphatic rings. The van der Waals surface area contributed by atoms with Crippen molar-refractivity contribution in [3.63, 3.8) is 0 Å². The van der Waals surface area contributed by atoms with Crippen LogP contribution in [0.5, 0.6) is 0 Å². The first kappa shape index (κ1) is 20.0. The minimum Gasteiger partial charge on any atom is -0.383 e. The van der Waals surface area contributed by atoms with E-state index in [9.17, 15) is 9.59 Å². The summed E-state index contributed by atoms with van der Waals surface area (Å²) in [5, 5.41) is 13.1. The number of fused-ring (bicyclic) bond motifs is 2. The summed E-state index contributed by atoms with van der Waals surface area (Å²) < 4.78 is 6.24. The number of methoxy groups -OCH3 is 1. The minimum absolute atomic E-state index is 0.142. The van der Waals surface area contributed by atoms with E-state index < -0.39 is 0 Å². The van der Waals surface area contributed by atoms with Crippen molar-refractivity contribution in [3.8, 4) is 0 Å². The molecule has 2 aromatic carbocycles. The third-order valence-electron chi connectivity index (χ3n) is 3.98. The summed E-state index contributed by atoms with van der Waals surface area (Å²) in [4.78, 5) is 23.1. The average Bonchev–Trinajstić information content (AvgIpc) is 2.73. The van der Waals surface area contributed by atoms with Crippen LogP contribution in [0.15, 0.2) is 58.1 Å². The van der Waals surface area contributed by atoms with Gasteiger partial charge >= 0.3 is 0 Å². The zero-order valence-electron chi connectivity index (χ0n) is 14.9. The van der Waals surface area contributed by atoms with Gasteiger partial charge in [-0.05, 0) is 12.1 Å². The Morgan fingerprint density at radius 1 is 0.929 bits per heavy atom. The number of aromatic amines is 1. The first-order valence-electron chi connectivity index (χ1n) is 8.30. The number of hydrogen-bond acceptors (Lipinski definition) is 5. The highest BCUT2D eigenvalue weighted by Gasteiger charge is 2.07. The number of benzene rings is 2. The van der Waals surface area contributed by atoms with Crippen LogP contribution in [0, 0.1) is 0 Å². The van der Waals surface area contributed by atoms with E-state index in [1.807, 2.05) is 12.1 Å². The van der Waals surface area contributed by atoms with E-state index in [2.05, 4.69) is 15.3 Å². The summed E-state index contributed by atoms with van der Waals surface area (Å²) in [5.41, 5.74) is -0.355. The van der Waals surface area contributed by atoms with E-state index in [-0.39, 0.29) is 11.1 Å². The SMILES string of the molecule is COCCn1nc(Cl)c2ccccc2c1=O.O=c1[nH]nc(Cl)c2ccccc12. The van der Waals surface area contributed by atoms with Crippen LogP contribution in [-0.2, 0) is 11.3 Å². The van der Waals surface area contributed by atoms with Gasteiger partial charge in [0, 0.05) is 17.9 Å². The fraction of sp³-hybridized carbons (Fsp3) is 0.158. The van der Waals surface area contributed by atoms with Crippen molar-refractivity contribution in [3.05, 3.63) is 79.5 Å². The van der Waals surface area contributed by atoms with E-state index >= 15 is 0 Å². The van der Waals surface area contributed by atoms with Gasteiger partial charge in [-0.15, -0.1) is 0 Å². The van der Waals surface area contributed by atoms with Crippen LogP contribution in [0.25, 0.3) is 21.5 Å². The van der Waals surface area contributed by atoms with Crippen molar-refractivity contribution in [2.75, 3.05) is 13.7 Å². The van der Waals surface area contributed by atoms with Crippen LogP contribution in [0.4, 0.5) is 0 Å². The van der Waals surface area contributed by atoms with Gasteiger partial charge in [0.1, 0.15) is 0 Å². The second kappa shape index (κ2) is 8.97. The molecule has 2 heterocycles. The molecule has 144 valence electrons. The Morgan fingerprint density at radius 2 is 1.50 bits per heavy atom. The lowest BCUT2D eigenvalue weighted by molar-refractivity contribution is 0.182. The molecule has 0 saturated heterocycles. The molecule has 0 bridgehead atoms. The molecule has 4 rings (SSSR count). The number of ether oxygens (including phenoxy) is 1. The van der Waals surface area contributed by atoms with Gasteiger partial charge in [-0.2, -0.15) is 10.2 Å². The topological polar surface area (TPSA) is 89.9 Å². The molecule has 0 radical (unpaired) electrons. The molecule has 4 aromatic rings. The van der Waals surface area contributed by atoms with E-state index in [1.165, 1.54) is 4.68 Å². The molecule has 0 aliphatic heterocycles. The molecule has 0 unspecified atom stereocenters. The van der Waals surface area contributed by atoms with Gasteiger partial charge < -0.3 is 4.74 Å². The Bertz CT molecular complexity index is 1240. The highest BCUT2D eigenvalue weighted by Crippen LogP contribution is 2.17. The van der Waals surface area contributed by atoms with Gasteiger partial charge in [-0.1, -0.05) is 59.6 Å². The van der Waals surface area contributed by atoms with Gasteiger partial charge in [-0.3, -0.25) is 9.59 Å². The van der Waals surface area contributed by atoms with Crippen LogP contribution in [-0.4, -0.2) is 33.7 Å². The fourth-order valence-electron chi connectivity index (χ4n) is 2.60. The Morgan fingerprint density at radius 3 is 2.11 bits per heavy atom. The van der Waals surface area contributed by atoms with Crippen molar-refractivity contribution < 1.29 is 4.74 Å². The third kappa shape index (κ3) is 4.22. The molecule has 0 amide bonds. The molecular weight excluding hydrogens is 403 g/mol. The van der Waals surface area contributed by atoms with E-state index in [0.717, 1.165) is 0 Å². The van der Waals surface area contributed by atoms with Crippen LogP contribution < -0.4 is 11.1 Å². The normalized spacial score (nSPS) is 10.7. The summed E-state index contributed by atoms with van der Waals surface area (Å²) >= 11 is 11.7. The van der Waals surface area contributed by atoms with Gasteiger partial charge in [-0.25, -0.2) is 9.78 Å². The first-order chi connectivity index (χ1) is 13.5. The number of nitrogens with one attached hydrogen (secondary N) is 1. The largest absolute Gasteiger partial charge is 0.383 e. The number of hydrogen-bond donors (Lipinski definition) is 1. The molecule has 0 fully saturated rings. The fourth-order valence-corrected chi connectivity index (χ4v) is 3.07. The first-order valence-corrected chi connectivity index (χ1v) is 9.05. The molecule has 28 heavy (non-hydrogen) atoms. The number of aromatic nitrogens is 4. The lowest BCUT2D eigenvalue weighted by Gasteiger charge is -2.06. The smallest absolute Gasteiger partial charge is 0.274 e. The van der Waals surface area contributed by atoms with Crippen LogP contribution in [0.3, 0.4) is 0 Å². The maximum Gasteiger partial charge on any atom is 0.274 e. The predicted molar refractivity (Wildman–Crippen MR) is 110 cm³/mol. The summed E-state index contributed by atoms with van der Waals surface area (Å²) in [5.74, 6) is 0. The summed E-state index contributed by atoms with van der Waals surface area (Å²) in [6.07, 6.45) is 0. The van der Waals surface area contributed by atoms with E-state index in [1.54, 1.807) is 43.5 Å². The summed E-state index contributed by atoms with van der Waals surface area (Å²) in [6.45, 7) is 0.835. The Balaban J connectivity index is 0.000000167. The summed E-state index contributed by atoms with van der Waals surface area (Å²) in [6, 6.07) is 14.2. The molecule has 7 nitrogen and oxygen atoms in total. The Hall–Kier alpha value is -2.74. The number of H-pyrrole nitrogens is 1. The van der Waals surface area contributed by atoms with Crippen LogP contribution in [0.2, 0.25) is 10.3 Å². The molecule has 0 saturated carbocycles. The molecule has 0 atom stereocenters. The maximum absolute atomic E-state index is 12.0. The number of rotatable bonds is 3. The van der Waals surface area contributed by atoms with Gasteiger partial charge in [0.15, 0.2) is 10.3 Å². The van der Waals surface area contributed by atoms with Gasteiger partial charge in [0.25, 0.3) is 11.1 Å². The molecule has 9 heteroatoms. The lowest BCUT2D eigenvalue weighted by atomic mass is 10.2. The number of halogens is 2. The Kier molecular flexibility index (Phi) is 6.41. The second-order valence-corrected chi connectivity index (χ2v) is 6.46. The highest BCUT2D eigenvalue weighted by atomic mass is 35.5. The van der Waals surface area contributed by atoms with Gasteiger partial charge in [0.05, 0.1) is 23.9 Å². The van der Waals surface area contributed by atoms with Crippen molar-refractivity contribution >= 4 is 44.7 Å². The van der Waals surface area contributed by atoms with Crippen LogP contribution in [0.1, 0.15) is 0 Å². The van der Waals surface area contributed by atoms with E-state index in [4.69, 9.17) is 27.9 Å². The molecule has 2 aromatic heterocycles. The molecular formula is C19H16Cl2N4O3. The summed E-state index contributed by atoms with van der Waals surface area (Å²) in [7, 11) is 1.58. The lowest BCUT2D eigenvalue weighted by Crippen LogP contribution is -2.25. The quantitative estimate of drug-likeness (QED) is 0.551.